The van der Waals surface area contributed by atoms with Crippen LogP contribution in [-0.4, -0.2) is 24.5 Å². The molecule has 4 rings (SSSR count). The van der Waals surface area contributed by atoms with E-state index in [2.05, 4.69) is 4.90 Å². The summed E-state index contributed by atoms with van der Waals surface area (Å²) in [6.45, 7) is 0.678. The Kier molecular flexibility index (Phi) is 3.10. The molecule has 1 aliphatic heterocycles. The quantitative estimate of drug-likeness (QED) is 0.932. The van der Waals surface area contributed by atoms with Gasteiger partial charge in [-0.1, -0.05) is 12.1 Å². The number of para-hydroxylation sites is 2. The van der Waals surface area contributed by atoms with Gasteiger partial charge in [-0.2, -0.15) is 0 Å². The molecule has 1 aromatic carbocycles. The van der Waals surface area contributed by atoms with Crippen LogP contribution in [0.1, 0.15) is 32.1 Å². The van der Waals surface area contributed by atoms with Crippen LogP contribution in [0.4, 0.5) is 16.2 Å². The van der Waals surface area contributed by atoms with Crippen molar-refractivity contribution in [1.29, 1.82) is 0 Å². The molecule has 5 heteroatoms. The van der Waals surface area contributed by atoms with Gasteiger partial charge in [0.25, 0.3) is 0 Å². The highest BCUT2D eigenvalue weighted by Gasteiger charge is 2.46. The van der Waals surface area contributed by atoms with Gasteiger partial charge in [0.05, 0.1) is 11.4 Å². The maximum absolute atomic E-state index is 12.4. The lowest BCUT2D eigenvalue weighted by Crippen LogP contribution is -2.40. The van der Waals surface area contributed by atoms with E-state index in [1.54, 1.807) is 0 Å². The van der Waals surface area contributed by atoms with Gasteiger partial charge in [0.15, 0.2) is 0 Å². The maximum Gasteiger partial charge on any atom is 0.326 e. The Morgan fingerprint density at radius 3 is 2.23 bits per heavy atom. The van der Waals surface area contributed by atoms with Crippen molar-refractivity contribution in [1.82, 2.24) is 0 Å². The second kappa shape index (κ2) is 5.00. The SMILES string of the molecule is NC(=O)N1C(=O)CCN(C(C2CC2)C2CC2)c2ccccc21. The molecule has 1 aromatic rings. The third-order valence-electron chi connectivity index (χ3n) is 5.04. The van der Waals surface area contributed by atoms with Crippen molar-refractivity contribution in [3.8, 4) is 0 Å². The van der Waals surface area contributed by atoms with E-state index in [4.69, 9.17) is 5.73 Å². The van der Waals surface area contributed by atoms with Crippen LogP contribution < -0.4 is 15.5 Å². The van der Waals surface area contributed by atoms with Gasteiger partial charge in [0.1, 0.15) is 0 Å². The van der Waals surface area contributed by atoms with Gasteiger partial charge in [-0.15, -0.1) is 0 Å². The van der Waals surface area contributed by atoms with Crippen molar-refractivity contribution in [3.63, 3.8) is 0 Å². The molecule has 0 bridgehead atoms. The molecule has 5 nitrogen and oxygen atoms in total. The topological polar surface area (TPSA) is 66.6 Å². The van der Waals surface area contributed by atoms with Crippen LogP contribution in [0.5, 0.6) is 0 Å². The van der Waals surface area contributed by atoms with E-state index >= 15 is 0 Å². The Hall–Kier alpha value is -2.04. The predicted octanol–water partition coefficient (Wildman–Crippen LogP) is 2.50. The number of carbonyl (C=O) groups excluding carboxylic acids is 2. The summed E-state index contributed by atoms with van der Waals surface area (Å²) in [7, 11) is 0. The molecule has 2 N–H and O–H groups in total. The number of amides is 3. The molecule has 2 aliphatic carbocycles. The lowest BCUT2D eigenvalue weighted by Gasteiger charge is -2.34. The van der Waals surface area contributed by atoms with Gasteiger partial charge in [-0.05, 0) is 49.7 Å². The standard InChI is InChI=1S/C17H21N3O2/c18-17(22)20-14-4-2-1-3-13(14)19(10-9-15(20)21)16(11-5-6-11)12-7-8-12/h1-4,11-12,16H,5-10H2,(H2,18,22). The van der Waals surface area contributed by atoms with Crippen molar-refractivity contribution in [2.75, 3.05) is 16.3 Å². The van der Waals surface area contributed by atoms with Crippen molar-refractivity contribution in [2.45, 2.75) is 38.1 Å². The van der Waals surface area contributed by atoms with Gasteiger partial charge < -0.3 is 10.6 Å². The third kappa shape index (κ3) is 2.25. The number of primary amides is 1. The minimum Gasteiger partial charge on any atom is -0.366 e. The van der Waals surface area contributed by atoms with Crippen molar-refractivity contribution < 1.29 is 9.59 Å². The summed E-state index contributed by atoms with van der Waals surface area (Å²) in [4.78, 5) is 27.6. The number of urea groups is 1. The van der Waals surface area contributed by atoms with E-state index in [-0.39, 0.29) is 5.91 Å². The average Bonchev–Trinajstić information content (AvgIpc) is 3.37. The first-order valence-corrected chi connectivity index (χ1v) is 8.15. The molecule has 2 fully saturated rings. The smallest absolute Gasteiger partial charge is 0.326 e. The molecule has 0 saturated heterocycles. The summed E-state index contributed by atoms with van der Waals surface area (Å²) in [6, 6.07) is 7.50. The van der Waals surface area contributed by atoms with Crippen LogP contribution >= 0.6 is 0 Å². The molecule has 0 aromatic heterocycles. The summed E-state index contributed by atoms with van der Waals surface area (Å²) in [6.07, 6.45) is 5.48. The first kappa shape index (κ1) is 13.6. The number of hydrogen-bond donors (Lipinski definition) is 1. The van der Waals surface area contributed by atoms with Crippen LogP contribution in [0, 0.1) is 11.8 Å². The highest BCUT2D eigenvalue weighted by molar-refractivity contribution is 6.16. The molecule has 1 heterocycles. The first-order chi connectivity index (χ1) is 10.7. The fourth-order valence-electron chi connectivity index (χ4n) is 3.80. The Morgan fingerprint density at radius 1 is 1.09 bits per heavy atom. The van der Waals surface area contributed by atoms with Crippen LogP contribution in [0.15, 0.2) is 24.3 Å². The lowest BCUT2D eigenvalue weighted by atomic mass is 10.0. The molecule has 3 amide bonds. The summed E-state index contributed by atoms with van der Waals surface area (Å²) in [5, 5.41) is 0. The molecule has 116 valence electrons. The number of imide groups is 1. The number of hydrogen-bond acceptors (Lipinski definition) is 3. The van der Waals surface area contributed by atoms with Gasteiger partial charge in [-0.3, -0.25) is 4.79 Å². The molecule has 2 saturated carbocycles. The Bertz CT molecular complexity index is 610. The fourth-order valence-corrected chi connectivity index (χ4v) is 3.80. The number of rotatable bonds is 3. The van der Waals surface area contributed by atoms with Crippen LogP contribution in [-0.2, 0) is 4.79 Å². The number of nitrogens with two attached hydrogens (primary N) is 1. The molecule has 0 spiro atoms. The Balaban J connectivity index is 1.77. The second-order valence-corrected chi connectivity index (χ2v) is 6.66. The van der Waals surface area contributed by atoms with Crippen LogP contribution in [0.2, 0.25) is 0 Å². The molecule has 3 aliphatic rings. The van der Waals surface area contributed by atoms with E-state index in [1.165, 1.54) is 25.7 Å². The number of carbonyl (C=O) groups is 2. The van der Waals surface area contributed by atoms with E-state index in [1.807, 2.05) is 24.3 Å². The molecule has 22 heavy (non-hydrogen) atoms. The van der Waals surface area contributed by atoms with Crippen molar-refractivity contribution >= 4 is 23.3 Å². The highest BCUT2D eigenvalue weighted by Crippen LogP contribution is 2.49. The third-order valence-corrected chi connectivity index (χ3v) is 5.04. The van der Waals surface area contributed by atoms with E-state index in [0.717, 1.165) is 22.4 Å². The van der Waals surface area contributed by atoms with Gasteiger partial charge >= 0.3 is 6.03 Å². The number of nitrogens with zero attached hydrogens (tertiary/aromatic N) is 2. The molecule has 0 atom stereocenters. The zero-order chi connectivity index (χ0) is 15.3. The Labute approximate surface area is 130 Å². The zero-order valence-electron chi connectivity index (χ0n) is 12.6. The van der Waals surface area contributed by atoms with Crippen molar-refractivity contribution in [3.05, 3.63) is 24.3 Å². The average molecular weight is 299 g/mol. The maximum atomic E-state index is 12.4. The van der Waals surface area contributed by atoms with E-state index in [9.17, 15) is 9.59 Å². The summed E-state index contributed by atoms with van der Waals surface area (Å²) >= 11 is 0. The summed E-state index contributed by atoms with van der Waals surface area (Å²) in [5.41, 5.74) is 7.08. The lowest BCUT2D eigenvalue weighted by molar-refractivity contribution is -0.117. The van der Waals surface area contributed by atoms with Crippen LogP contribution in [0.3, 0.4) is 0 Å². The Morgan fingerprint density at radius 2 is 1.68 bits per heavy atom. The van der Waals surface area contributed by atoms with Gasteiger partial charge in [-0.25, -0.2) is 9.69 Å². The van der Waals surface area contributed by atoms with Gasteiger partial charge in [0.2, 0.25) is 5.91 Å². The normalized spacial score (nSPS) is 21.8. The largest absolute Gasteiger partial charge is 0.366 e. The monoisotopic (exact) mass is 299 g/mol. The van der Waals surface area contributed by atoms with E-state index in [0.29, 0.717) is 24.7 Å². The summed E-state index contributed by atoms with van der Waals surface area (Å²) in [5.74, 6) is 1.29. The molecule has 0 unspecified atom stereocenters. The van der Waals surface area contributed by atoms with Crippen molar-refractivity contribution in [2.24, 2.45) is 17.6 Å². The highest BCUT2D eigenvalue weighted by atomic mass is 16.2. The van der Waals surface area contributed by atoms with Crippen LogP contribution in [0.25, 0.3) is 0 Å². The first-order valence-electron chi connectivity index (χ1n) is 8.15. The minimum absolute atomic E-state index is 0.201. The number of benzene rings is 1. The molecular weight excluding hydrogens is 278 g/mol. The minimum atomic E-state index is -0.686. The number of anilines is 2. The van der Waals surface area contributed by atoms with E-state index < -0.39 is 6.03 Å². The fraction of sp³-hybridized carbons (Fsp3) is 0.529. The van der Waals surface area contributed by atoms with Gasteiger partial charge in [0, 0.05) is 19.0 Å². The molecule has 0 radical (unpaired) electrons. The summed E-state index contributed by atoms with van der Waals surface area (Å²) < 4.78 is 0. The second-order valence-electron chi connectivity index (χ2n) is 6.66. The zero-order valence-corrected chi connectivity index (χ0v) is 12.6. The predicted molar refractivity (Wildman–Crippen MR) is 84.7 cm³/mol. The molecular formula is C17H21N3O2. The number of fused-ring (bicyclic) bond motifs is 1.